The van der Waals surface area contributed by atoms with Gasteiger partial charge < -0.3 is 11.1 Å². The van der Waals surface area contributed by atoms with Gasteiger partial charge in [-0.25, -0.2) is 0 Å². The first-order valence-electron chi connectivity index (χ1n) is 5.34. The highest BCUT2D eigenvalue weighted by molar-refractivity contribution is 7.98. The second-order valence-corrected chi connectivity index (χ2v) is 6.02. The van der Waals surface area contributed by atoms with Gasteiger partial charge in [0.1, 0.15) is 0 Å². The number of rotatable bonds is 5. The molecule has 0 aliphatic heterocycles. The quantitative estimate of drug-likeness (QED) is 0.757. The van der Waals surface area contributed by atoms with E-state index in [1.807, 2.05) is 27.7 Å². The molecule has 0 aromatic carbocycles. The normalized spacial score (nSPS) is 15.9. The second kappa shape index (κ2) is 6.38. The van der Waals surface area contributed by atoms with Crippen molar-refractivity contribution in [1.29, 1.82) is 0 Å². The van der Waals surface area contributed by atoms with Crippen LogP contribution in [0.2, 0.25) is 0 Å². The molecule has 15 heavy (non-hydrogen) atoms. The van der Waals surface area contributed by atoms with Crippen molar-refractivity contribution < 1.29 is 4.79 Å². The van der Waals surface area contributed by atoms with E-state index in [2.05, 4.69) is 11.6 Å². The third-order valence-electron chi connectivity index (χ3n) is 2.36. The Morgan fingerprint density at radius 1 is 1.47 bits per heavy atom. The summed E-state index contributed by atoms with van der Waals surface area (Å²) in [7, 11) is 0. The fourth-order valence-electron chi connectivity index (χ4n) is 1.09. The van der Waals surface area contributed by atoms with E-state index in [0.29, 0.717) is 0 Å². The summed E-state index contributed by atoms with van der Waals surface area (Å²) < 4.78 is 0. The van der Waals surface area contributed by atoms with E-state index < -0.39 is 6.04 Å². The van der Waals surface area contributed by atoms with Crippen LogP contribution in [0.1, 0.15) is 34.1 Å². The van der Waals surface area contributed by atoms with Crippen molar-refractivity contribution >= 4 is 17.7 Å². The third kappa shape index (κ3) is 6.05. The molecule has 0 aromatic rings. The van der Waals surface area contributed by atoms with Crippen LogP contribution in [-0.4, -0.2) is 30.0 Å². The summed E-state index contributed by atoms with van der Waals surface area (Å²) in [4.78, 5) is 11.7. The van der Waals surface area contributed by atoms with Crippen LogP contribution in [0, 0.1) is 5.41 Å². The summed E-state index contributed by atoms with van der Waals surface area (Å²) in [6.07, 6.45) is 3.05. The van der Waals surface area contributed by atoms with Gasteiger partial charge in [0.05, 0.1) is 6.04 Å². The summed E-state index contributed by atoms with van der Waals surface area (Å²) in [5, 5.41) is 2.94. The molecule has 0 saturated carbocycles. The molecule has 2 atom stereocenters. The molecule has 1 unspecified atom stereocenters. The van der Waals surface area contributed by atoms with Gasteiger partial charge >= 0.3 is 0 Å². The average molecular weight is 232 g/mol. The van der Waals surface area contributed by atoms with Crippen LogP contribution in [-0.2, 0) is 4.79 Å². The van der Waals surface area contributed by atoms with Crippen molar-refractivity contribution in [3.8, 4) is 0 Å². The van der Waals surface area contributed by atoms with E-state index in [4.69, 9.17) is 5.73 Å². The number of carbonyl (C=O) groups is 1. The summed E-state index contributed by atoms with van der Waals surface area (Å²) in [6.45, 7) is 7.95. The van der Waals surface area contributed by atoms with Crippen LogP contribution < -0.4 is 11.1 Å². The molecular formula is C11H24N2OS. The minimum Gasteiger partial charge on any atom is -0.352 e. The maximum absolute atomic E-state index is 11.7. The monoisotopic (exact) mass is 232 g/mol. The van der Waals surface area contributed by atoms with Gasteiger partial charge in [-0.1, -0.05) is 20.8 Å². The van der Waals surface area contributed by atoms with Crippen molar-refractivity contribution in [2.45, 2.75) is 46.2 Å². The Balaban J connectivity index is 4.02. The number of amides is 1. The highest BCUT2D eigenvalue weighted by Gasteiger charge is 2.27. The molecule has 3 nitrogen and oxygen atoms in total. The van der Waals surface area contributed by atoms with E-state index in [1.165, 1.54) is 0 Å². The first kappa shape index (κ1) is 14.8. The second-order valence-electron chi connectivity index (χ2n) is 5.03. The Morgan fingerprint density at radius 3 is 2.40 bits per heavy atom. The van der Waals surface area contributed by atoms with Gasteiger partial charge in [0.15, 0.2) is 0 Å². The number of thioether (sulfide) groups is 1. The van der Waals surface area contributed by atoms with Crippen molar-refractivity contribution in [1.82, 2.24) is 5.32 Å². The highest BCUT2D eigenvalue weighted by Crippen LogP contribution is 2.17. The largest absolute Gasteiger partial charge is 0.352 e. The van der Waals surface area contributed by atoms with Gasteiger partial charge in [0, 0.05) is 6.04 Å². The smallest absolute Gasteiger partial charge is 0.237 e. The molecule has 0 aliphatic carbocycles. The standard InChI is InChI=1S/C11H24N2OS/c1-8(6-7-15-5)13-10(14)9(12)11(2,3)4/h8-9H,6-7,12H2,1-5H3,(H,13,14)/t8?,9-/m1/s1. The zero-order chi connectivity index (χ0) is 12.1. The Kier molecular flexibility index (Phi) is 6.29. The number of hydrogen-bond donors (Lipinski definition) is 2. The predicted octanol–water partition coefficient (Wildman–Crippen LogP) is 1.62. The van der Waals surface area contributed by atoms with Crippen molar-refractivity contribution in [3.63, 3.8) is 0 Å². The topological polar surface area (TPSA) is 55.1 Å². The van der Waals surface area contributed by atoms with Gasteiger partial charge in [-0.05, 0) is 30.8 Å². The van der Waals surface area contributed by atoms with Crippen molar-refractivity contribution in [3.05, 3.63) is 0 Å². The lowest BCUT2D eigenvalue weighted by molar-refractivity contribution is -0.125. The Bertz CT molecular complexity index is 201. The van der Waals surface area contributed by atoms with Crippen LogP contribution in [0.3, 0.4) is 0 Å². The molecule has 3 N–H and O–H groups in total. The molecular weight excluding hydrogens is 208 g/mol. The molecule has 1 amide bonds. The van der Waals surface area contributed by atoms with Crippen LogP contribution in [0.25, 0.3) is 0 Å². The lowest BCUT2D eigenvalue weighted by Crippen LogP contribution is -2.50. The Morgan fingerprint density at radius 2 is 2.00 bits per heavy atom. The fourth-order valence-corrected chi connectivity index (χ4v) is 1.68. The molecule has 0 heterocycles. The molecule has 0 spiro atoms. The molecule has 0 radical (unpaired) electrons. The molecule has 0 fully saturated rings. The summed E-state index contributed by atoms with van der Waals surface area (Å²) in [6, 6.07) is -0.229. The Hall–Kier alpha value is -0.220. The summed E-state index contributed by atoms with van der Waals surface area (Å²) >= 11 is 1.79. The molecule has 0 aromatic heterocycles. The van der Waals surface area contributed by atoms with E-state index in [0.717, 1.165) is 12.2 Å². The summed E-state index contributed by atoms with van der Waals surface area (Å²) in [5.41, 5.74) is 5.68. The number of carbonyl (C=O) groups excluding carboxylic acids is 1. The Labute approximate surface area is 97.6 Å². The molecule has 0 rings (SSSR count). The molecule has 90 valence electrons. The maximum Gasteiger partial charge on any atom is 0.237 e. The zero-order valence-electron chi connectivity index (χ0n) is 10.5. The van der Waals surface area contributed by atoms with Crippen LogP contribution in [0.4, 0.5) is 0 Å². The van der Waals surface area contributed by atoms with Gasteiger partial charge in [0.2, 0.25) is 5.91 Å². The van der Waals surface area contributed by atoms with Crippen LogP contribution in [0.5, 0.6) is 0 Å². The maximum atomic E-state index is 11.7. The lowest BCUT2D eigenvalue weighted by atomic mass is 9.87. The lowest BCUT2D eigenvalue weighted by Gasteiger charge is -2.27. The van der Waals surface area contributed by atoms with Crippen molar-refractivity contribution in [2.24, 2.45) is 11.1 Å². The van der Waals surface area contributed by atoms with E-state index in [9.17, 15) is 4.79 Å². The van der Waals surface area contributed by atoms with E-state index in [-0.39, 0.29) is 17.4 Å². The first-order valence-corrected chi connectivity index (χ1v) is 6.73. The van der Waals surface area contributed by atoms with Gasteiger partial charge in [-0.2, -0.15) is 11.8 Å². The van der Waals surface area contributed by atoms with Crippen LogP contribution >= 0.6 is 11.8 Å². The first-order chi connectivity index (χ1) is 6.79. The highest BCUT2D eigenvalue weighted by atomic mass is 32.2. The molecule has 0 aliphatic rings. The average Bonchev–Trinajstić information content (AvgIpc) is 2.11. The molecule has 0 bridgehead atoms. The molecule has 0 saturated heterocycles. The third-order valence-corrected chi connectivity index (χ3v) is 3.00. The van der Waals surface area contributed by atoms with Crippen LogP contribution in [0.15, 0.2) is 0 Å². The van der Waals surface area contributed by atoms with E-state index >= 15 is 0 Å². The van der Waals surface area contributed by atoms with Gasteiger partial charge in [-0.3, -0.25) is 4.79 Å². The van der Waals surface area contributed by atoms with Crippen molar-refractivity contribution in [2.75, 3.05) is 12.0 Å². The zero-order valence-corrected chi connectivity index (χ0v) is 11.3. The molecule has 4 heteroatoms. The SMILES string of the molecule is CSCCC(C)NC(=O)[C@@H](N)C(C)(C)C. The number of hydrogen-bond acceptors (Lipinski definition) is 3. The minimum absolute atomic E-state index is 0.0453. The number of nitrogens with two attached hydrogens (primary N) is 1. The minimum atomic E-state index is -0.436. The van der Waals surface area contributed by atoms with Gasteiger partial charge in [0.25, 0.3) is 0 Å². The number of nitrogens with one attached hydrogen (secondary N) is 1. The predicted molar refractivity (Wildman–Crippen MR) is 68.0 cm³/mol. The van der Waals surface area contributed by atoms with Gasteiger partial charge in [-0.15, -0.1) is 0 Å². The summed E-state index contributed by atoms with van der Waals surface area (Å²) in [5.74, 6) is 1.02. The fraction of sp³-hybridized carbons (Fsp3) is 0.909. The van der Waals surface area contributed by atoms with E-state index in [1.54, 1.807) is 11.8 Å².